The van der Waals surface area contributed by atoms with Crippen LogP contribution in [0, 0.1) is 6.92 Å². The Morgan fingerprint density at radius 2 is 2.03 bits per heavy atom. The van der Waals surface area contributed by atoms with E-state index >= 15 is 0 Å². The van der Waals surface area contributed by atoms with Gasteiger partial charge in [0, 0.05) is 62.6 Å². The maximum Gasteiger partial charge on any atom is 0.327 e. The molecule has 0 spiro atoms. The molecule has 0 aromatic carbocycles. The number of aromatic nitrogens is 3. The molecule has 31 heavy (non-hydrogen) atoms. The second kappa shape index (κ2) is 7.77. The molecule has 0 aliphatic carbocycles. The Labute approximate surface area is 177 Å². The summed E-state index contributed by atoms with van der Waals surface area (Å²) in [5.41, 5.74) is 3.05. The van der Waals surface area contributed by atoms with Gasteiger partial charge in [0.2, 0.25) is 0 Å². The van der Waals surface area contributed by atoms with Crippen molar-refractivity contribution >= 4 is 28.9 Å². The molecule has 3 aromatic rings. The zero-order chi connectivity index (χ0) is 21.5. The second-order valence-corrected chi connectivity index (χ2v) is 7.80. The number of rotatable bonds is 3. The first kappa shape index (κ1) is 19.7. The lowest BCUT2D eigenvalue weighted by Crippen LogP contribution is -2.43. The topological polar surface area (TPSA) is 77.8 Å². The monoisotopic (exact) mass is 427 g/mol. The number of hydrogen-bond acceptors (Lipinski definition) is 5. The summed E-state index contributed by atoms with van der Waals surface area (Å²) in [5, 5.41) is 6.10. The molecular weight excluding hydrogens is 404 g/mol. The number of alkyl halides is 2. The third kappa shape index (κ3) is 3.56. The van der Waals surface area contributed by atoms with Crippen LogP contribution in [0.4, 0.5) is 30.8 Å². The highest BCUT2D eigenvalue weighted by Crippen LogP contribution is 2.34. The molecule has 0 bridgehead atoms. The van der Waals surface area contributed by atoms with Gasteiger partial charge < -0.3 is 19.9 Å². The Morgan fingerprint density at radius 1 is 1.23 bits per heavy atom. The predicted octanol–water partition coefficient (Wildman–Crippen LogP) is 2.98. The number of amides is 2. The Kier molecular flexibility index (Phi) is 4.93. The number of hydrogen-bond donors (Lipinski definition) is 2. The highest BCUT2D eigenvalue weighted by Gasteiger charge is 2.30. The molecule has 2 N–H and O–H groups in total. The van der Waals surface area contributed by atoms with Crippen LogP contribution in [-0.4, -0.2) is 53.1 Å². The van der Waals surface area contributed by atoms with E-state index in [9.17, 15) is 13.6 Å². The van der Waals surface area contributed by atoms with Crippen molar-refractivity contribution < 1.29 is 13.6 Å². The van der Waals surface area contributed by atoms with Gasteiger partial charge in [0.1, 0.15) is 11.5 Å². The fraction of sp³-hybridized carbons (Fsp3) is 0.381. The maximum absolute atomic E-state index is 13.5. The number of urea groups is 1. The van der Waals surface area contributed by atoms with Crippen LogP contribution in [0.2, 0.25) is 0 Å². The van der Waals surface area contributed by atoms with Gasteiger partial charge in [-0.2, -0.15) is 0 Å². The number of nitrogens with one attached hydrogen (secondary N) is 2. The molecule has 8 nitrogen and oxygen atoms in total. The van der Waals surface area contributed by atoms with Crippen molar-refractivity contribution in [3.05, 3.63) is 47.5 Å². The van der Waals surface area contributed by atoms with Crippen LogP contribution in [0.1, 0.15) is 23.2 Å². The van der Waals surface area contributed by atoms with Gasteiger partial charge in [-0.15, -0.1) is 0 Å². The highest BCUT2D eigenvalue weighted by molar-refractivity contribution is 6.03. The van der Waals surface area contributed by atoms with Crippen molar-refractivity contribution in [2.45, 2.75) is 19.8 Å². The van der Waals surface area contributed by atoms with E-state index in [1.54, 1.807) is 30.4 Å². The van der Waals surface area contributed by atoms with Crippen LogP contribution >= 0.6 is 0 Å². The molecule has 0 saturated carbocycles. The molecule has 0 radical (unpaired) electrons. The summed E-state index contributed by atoms with van der Waals surface area (Å²) in [6.07, 6.45) is 2.98. The van der Waals surface area contributed by atoms with Gasteiger partial charge in [-0.1, -0.05) is 0 Å². The van der Waals surface area contributed by atoms with Gasteiger partial charge in [0.05, 0.1) is 16.9 Å². The van der Waals surface area contributed by atoms with Gasteiger partial charge in [0.15, 0.2) is 0 Å². The lowest BCUT2D eigenvalue weighted by Gasteiger charge is -2.31. The Morgan fingerprint density at radius 3 is 2.81 bits per heavy atom. The third-order valence-corrected chi connectivity index (χ3v) is 5.74. The Bertz CT molecular complexity index is 1140. The number of aryl methyl sites for hydroxylation is 1. The predicted molar refractivity (Wildman–Crippen MR) is 114 cm³/mol. The zero-order valence-corrected chi connectivity index (χ0v) is 17.1. The molecule has 2 amide bonds. The Hall–Kier alpha value is -3.27. The molecule has 1 saturated heterocycles. The molecule has 5 heterocycles. The molecule has 1 fully saturated rings. The molecule has 3 aromatic heterocycles. The summed E-state index contributed by atoms with van der Waals surface area (Å²) in [4.78, 5) is 25.5. The van der Waals surface area contributed by atoms with Crippen LogP contribution in [0.3, 0.4) is 0 Å². The van der Waals surface area contributed by atoms with Gasteiger partial charge in [0.25, 0.3) is 6.43 Å². The number of carbonyl (C=O) groups is 1. The van der Waals surface area contributed by atoms with Crippen molar-refractivity contribution in [2.24, 2.45) is 0 Å². The van der Waals surface area contributed by atoms with E-state index in [-0.39, 0.29) is 22.9 Å². The van der Waals surface area contributed by atoms with E-state index in [1.165, 1.54) is 10.5 Å². The average Bonchev–Trinajstić information content (AvgIpc) is 3.36. The number of piperazine rings is 1. The fourth-order valence-corrected chi connectivity index (χ4v) is 4.34. The van der Waals surface area contributed by atoms with Crippen LogP contribution in [0.25, 0.3) is 5.65 Å². The largest absolute Gasteiger partial charge is 0.369 e. The van der Waals surface area contributed by atoms with E-state index in [1.807, 2.05) is 6.07 Å². The SMILES string of the molecule is Cc1cn2cc(NC(=O)N3CCc4c(N5CCNCC5)ccnc43)cc(C(F)F)c2n1. The van der Waals surface area contributed by atoms with Crippen molar-refractivity contribution in [3.63, 3.8) is 0 Å². The standard InChI is InChI=1S/C21H23F2N7O/c1-13-11-29-12-14(10-16(18(22)23)20(29)26-13)27-21(31)30-7-3-15-17(2-4-25-19(15)30)28-8-5-24-6-9-28/h2,4,10-12,18,24H,3,5-9H2,1H3,(H,27,31). The summed E-state index contributed by atoms with van der Waals surface area (Å²) in [7, 11) is 0. The minimum absolute atomic E-state index is 0.194. The molecule has 0 atom stereocenters. The van der Waals surface area contributed by atoms with E-state index in [2.05, 4.69) is 25.5 Å². The van der Waals surface area contributed by atoms with Gasteiger partial charge in [-0.25, -0.2) is 23.5 Å². The van der Waals surface area contributed by atoms with Gasteiger partial charge >= 0.3 is 6.03 Å². The normalized spacial score (nSPS) is 16.3. The summed E-state index contributed by atoms with van der Waals surface area (Å²) in [5.74, 6) is 0.627. The summed E-state index contributed by atoms with van der Waals surface area (Å²) in [6.45, 7) is 5.88. The van der Waals surface area contributed by atoms with Crippen LogP contribution in [0.5, 0.6) is 0 Å². The molecule has 0 unspecified atom stereocenters. The minimum atomic E-state index is -2.70. The number of halogens is 2. The fourth-order valence-electron chi connectivity index (χ4n) is 4.34. The third-order valence-electron chi connectivity index (χ3n) is 5.74. The first-order chi connectivity index (χ1) is 15.0. The summed E-state index contributed by atoms with van der Waals surface area (Å²) in [6, 6.07) is 2.89. The molecular formula is C21H23F2N7O. The molecule has 5 rings (SSSR count). The van der Waals surface area contributed by atoms with E-state index in [4.69, 9.17) is 0 Å². The summed E-state index contributed by atoms with van der Waals surface area (Å²) < 4.78 is 28.6. The molecule has 162 valence electrons. The molecule has 2 aliphatic heterocycles. The van der Waals surface area contributed by atoms with Crippen LogP contribution in [-0.2, 0) is 6.42 Å². The molecule has 10 heteroatoms. The van der Waals surface area contributed by atoms with Crippen molar-refractivity contribution in [3.8, 4) is 0 Å². The number of carbonyl (C=O) groups excluding carboxylic acids is 1. The molecule has 2 aliphatic rings. The quantitative estimate of drug-likeness (QED) is 0.672. The van der Waals surface area contributed by atoms with E-state index in [0.717, 1.165) is 37.4 Å². The van der Waals surface area contributed by atoms with Crippen molar-refractivity contribution in [1.29, 1.82) is 0 Å². The van der Waals surface area contributed by atoms with E-state index in [0.29, 0.717) is 24.5 Å². The lowest BCUT2D eigenvalue weighted by atomic mass is 10.1. The number of nitrogens with zero attached hydrogens (tertiary/aromatic N) is 5. The Balaban J connectivity index is 1.42. The number of imidazole rings is 1. The summed E-state index contributed by atoms with van der Waals surface area (Å²) >= 11 is 0. The van der Waals surface area contributed by atoms with Crippen LogP contribution in [0.15, 0.2) is 30.7 Å². The second-order valence-electron chi connectivity index (χ2n) is 7.80. The van der Waals surface area contributed by atoms with Crippen LogP contribution < -0.4 is 20.4 Å². The smallest absolute Gasteiger partial charge is 0.327 e. The van der Waals surface area contributed by atoms with Gasteiger partial charge in [-0.05, 0) is 25.5 Å². The first-order valence-corrected chi connectivity index (χ1v) is 10.3. The zero-order valence-electron chi connectivity index (χ0n) is 17.1. The van der Waals surface area contributed by atoms with Crippen molar-refractivity contribution in [2.75, 3.05) is 47.8 Å². The first-order valence-electron chi connectivity index (χ1n) is 10.3. The number of fused-ring (bicyclic) bond motifs is 2. The van der Waals surface area contributed by atoms with E-state index < -0.39 is 6.43 Å². The van der Waals surface area contributed by atoms with Crippen molar-refractivity contribution in [1.82, 2.24) is 19.7 Å². The highest BCUT2D eigenvalue weighted by atomic mass is 19.3. The minimum Gasteiger partial charge on any atom is -0.369 e. The lowest BCUT2D eigenvalue weighted by molar-refractivity contribution is 0.152. The maximum atomic E-state index is 13.5. The number of anilines is 3. The number of pyridine rings is 2. The van der Waals surface area contributed by atoms with Gasteiger partial charge in [-0.3, -0.25) is 4.90 Å². The average molecular weight is 427 g/mol.